The number of hydrogen-bond donors (Lipinski definition) is 2. The lowest BCUT2D eigenvalue weighted by Gasteiger charge is -2.24. The summed E-state index contributed by atoms with van der Waals surface area (Å²) in [6.07, 6.45) is -5.11. The molecular formula is C32H36F6N4O8S3. The van der Waals surface area contributed by atoms with Gasteiger partial charge in [-0.15, -0.1) is 0 Å². The molecule has 0 aliphatic carbocycles. The zero-order valence-corrected chi connectivity index (χ0v) is 30.4. The van der Waals surface area contributed by atoms with E-state index in [0.29, 0.717) is 0 Å². The molecule has 2 aromatic rings. The fourth-order valence-electron chi connectivity index (χ4n) is 6.58. The summed E-state index contributed by atoms with van der Waals surface area (Å²) in [6, 6.07) is 4.15. The number of anilines is 2. The Hall–Kier alpha value is -3.69. The third-order valence-corrected chi connectivity index (χ3v) is 13.1. The van der Waals surface area contributed by atoms with E-state index in [9.17, 15) is 52.8 Å². The Balaban J connectivity index is 0.000000208. The van der Waals surface area contributed by atoms with Gasteiger partial charge in [0.05, 0.1) is 54.0 Å². The zero-order chi connectivity index (χ0) is 38.8. The molecule has 3 N–H and O–H groups in total. The van der Waals surface area contributed by atoms with Crippen molar-refractivity contribution in [2.75, 3.05) is 59.0 Å². The summed E-state index contributed by atoms with van der Waals surface area (Å²) in [5, 5.41) is 2.28. The van der Waals surface area contributed by atoms with Crippen molar-refractivity contribution in [1.29, 1.82) is 0 Å². The molecule has 4 heterocycles. The molecule has 292 valence electrons. The maximum atomic E-state index is 14.6. The quantitative estimate of drug-likeness (QED) is 0.288. The Morgan fingerprint density at radius 1 is 0.736 bits per heavy atom. The number of hydrogen-bond acceptors (Lipinski definition) is 10. The molecule has 4 aliphatic heterocycles. The summed E-state index contributed by atoms with van der Waals surface area (Å²) in [5.74, 6) is -4.77. The standard InChI is InChI=1S/C17H18F4N2O4S2.C15H18F2N2O4S/c18-12-5-10(6-13(19)14(12)9-1-3-29(25,26)4-2-9)23-8-11(27-17(23)24)7-22-16(28)15(20)21;16-12-5-10(19-8-11(7-18)23-15(19)20)6-13(17)14(12)9-1-3-24(21,22)4-2-9/h5-6,9,11,15H,1-4,7-8H2,(H,22,28);5-6,9,11H,1-4,7-8,18H2/t2*11-/m00/s1. The number of alkyl halides is 2. The highest BCUT2D eigenvalue weighted by atomic mass is 32.2. The monoisotopic (exact) mass is 814 g/mol. The highest BCUT2D eigenvalue weighted by molar-refractivity contribution is 7.91. The molecule has 2 atom stereocenters. The van der Waals surface area contributed by atoms with E-state index >= 15 is 0 Å². The van der Waals surface area contributed by atoms with Gasteiger partial charge >= 0.3 is 12.2 Å². The van der Waals surface area contributed by atoms with Crippen LogP contribution in [-0.4, -0.2) is 102 Å². The number of nitrogens with two attached hydrogens (primary N) is 1. The largest absolute Gasteiger partial charge is 0.443 e. The SMILES string of the molecule is NC[C@H]1CN(c2cc(F)c(C3CCS(=O)(=O)CC3)c(F)c2)C(=O)O1.O=C1O[C@@H](CNC(=S)C(F)F)CN1c1cc(F)c(C2CCS(=O)(=O)CC2)c(F)c1. The lowest BCUT2D eigenvalue weighted by molar-refractivity contribution is 0.141. The second-order valence-electron chi connectivity index (χ2n) is 13.0. The van der Waals surface area contributed by atoms with E-state index in [1.54, 1.807) is 0 Å². The van der Waals surface area contributed by atoms with Gasteiger partial charge in [0.15, 0.2) is 0 Å². The minimum absolute atomic E-state index is 0.0677. The molecule has 4 saturated heterocycles. The van der Waals surface area contributed by atoms with Gasteiger partial charge in [0.2, 0.25) is 0 Å². The van der Waals surface area contributed by atoms with Gasteiger partial charge in [0, 0.05) is 17.7 Å². The third kappa shape index (κ3) is 9.71. The van der Waals surface area contributed by atoms with Gasteiger partial charge in [-0.3, -0.25) is 9.80 Å². The van der Waals surface area contributed by atoms with Crippen LogP contribution in [0.5, 0.6) is 0 Å². The van der Waals surface area contributed by atoms with E-state index in [2.05, 4.69) is 17.5 Å². The summed E-state index contributed by atoms with van der Waals surface area (Å²) in [5.41, 5.74) is 5.12. The lowest BCUT2D eigenvalue weighted by Crippen LogP contribution is -2.36. The first kappa shape index (κ1) is 40.5. The Bertz CT molecular complexity index is 1900. The summed E-state index contributed by atoms with van der Waals surface area (Å²) in [6.45, 7) is -0.000337. The molecule has 12 nitrogen and oxygen atoms in total. The number of carbonyl (C=O) groups excluding carboxylic acids is 2. The predicted octanol–water partition coefficient (Wildman–Crippen LogP) is 4.31. The zero-order valence-electron chi connectivity index (χ0n) is 27.9. The fraction of sp³-hybridized carbons (Fsp3) is 0.531. The molecule has 0 aromatic heterocycles. The Labute approximate surface area is 306 Å². The molecule has 0 spiro atoms. The molecule has 4 fully saturated rings. The summed E-state index contributed by atoms with van der Waals surface area (Å²) >= 11 is 4.44. The molecule has 21 heteroatoms. The highest BCUT2D eigenvalue weighted by Crippen LogP contribution is 2.37. The van der Waals surface area contributed by atoms with Gasteiger partial charge in [-0.25, -0.2) is 52.8 Å². The minimum atomic E-state index is -3.18. The average molecular weight is 815 g/mol. The number of nitrogens with one attached hydrogen (secondary N) is 1. The Morgan fingerprint density at radius 3 is 1.43 bits per heavy atom. The van der Waals surface area contributed by atoms with Crippen molar-refractivity contribution in [3.63, 3.8) is 0 Å². The first-order valence-corrected chi connectivity index (χ1v) is 20.5. The second kappa shape index (κ2) is 16.4. The molecule has 2 amide bonds. The smallest absolute Gasteiger partial charge is 0.414 e. The fourth-order valence-corrected chi connectivity index (χ4v) is 9.64. The van der Waals surface area contributed by atoms with Crippen LogP contribution < -0.4 is 20.9 Å². The molecule has 4 aliphatic rings. The molecule has 0 radical (unpaired) electrons. The van der Waals surface area contributed by atoms with Crippen molar-refractivity contribution < 1.29 is 62.2 Å². The van der Waals surface area contributed by atoms with Crippen LogP contribution in [-0.2, 0) is 29.1 Å². The van der Waals surface area contributed by atoms with E-state index in [1.165, 1.54) is 0 Å². The van der Waals surface area contributed by atoms with Crippen LogP contribution in [0, 0.1) is 23.3 Å². The van der Waals surface area contributed by atoms with Gasteiger partial charge < -0.3 is 20.5 Å². The normalized spacial score (nSPS) is 23.0. The maximum absolute atomic E-state index is 14.6. The minimum Gasteiger partial charge on any atom is -0.443 e. The summed E-state index contributed by atoms with van der Waals surface area (Å²) in [4.78, 5) is 25.2. The van der Waals surface area contributed by atoms with Crippen LogP contribution in [0.1, 0.15) is 48.6 Å². The van der Waals surface area contributed by atoms with Crippen molar-refractivity contribution in [3.05, 3.63) is 58.7 Å². The Kier molecular flexibility index (Phi) is 12.5. The predicted molar refractivity (Wildman–Crippen MR) is 185 cm³/mol. The van der Waals surface area contributed by atoms with Gasteiger partial charge in [-0.2, -0.15) is 0 Å². The van der Waals surface area contributed by atoms with E-state index in [-0.39, 0.29) is 97.4 Å². The molecule has 0 unspecified atom stereocenters. The van der Waals surface area contributed by atoms with Crippen LogP contribution >= 0.6 is 12.2 Å². The number of thiocarbonyl (C=S) groups is 1. The van der Waals surface area contributed by atoms with Crippen LogP contribution in [0.25, 0.3) is 0 Å². The topological polar surface area (TPSA) is 165 Å². The van der Waals surface area contributed by atoms with E-state index in [4.69, 9.17) is 15.2 Å². The van der Waals surface area contributed by atoms with Crippen LogP contribution in [0.2, 0.25) is 0 Å². The number of amides is 2. The molecular weight excluding hydrogens is 779 g/mol. The number of rotatable bonds is 8. The number of cyclic esters (lactones) is 2. The lowest BCUT2D eigenvalue weighted by atomic mass is 9.92. The van der Waals surface area contributed by atoms with E-state index < -0.39 is 90.6 Å². The van der Waals surface area contributed by atoms with E-state index in [0.717, 1.165) is 34.1 Å². The first-order valence-electron chi connectivity index (χ1n) is 16.5. The number of sulfone groups is 2. The van der Waals surface area contributed by atoms with E-state index in [1.807, 2.05) is 0 Å². The molecule has 2 aromatic carbocycles. The third-order valence-electron chi connectivity index (χ3n) is 9.39. The van der Waals surface area contributed by atoms with Gasteiger partial charge in [-0.1, -0.05) is 12.2 Å². The molecule has 53 heavy (non-hydrogen) atoms. The van der Waals surface area contributed by atoms with Crippen molar-refractivity contribution in [1.82, 2.24) is 5.32 Å². The van der Waals surface area contributed by atoms with Crippen LogP contribution in [0.3, 0.4) is 0 Å². The van der Waals surface area contributed by atoms with Crippen molar-refractivity contribution >= 4 is 60.4 Å². The maximum Gasteiger partial charge on any atom is 0.414 e. The molecule has 0 bridgehead atoms. The number of halogens is 6. The molecule has 6 rings (SSSR count). The number of benzene rings is 2. The van der Waals surface area contributed by atoms with Gasteiger partial charge in [0.1, 0.15) is 60.1 Å². The van der Waals surface area contributed by atoms with Crippen LogP contribution in [0.15, 0.2) is 24.3 Å². The van der Waals surface area contributed by atoms with Crippen molar-refractivity contribution in [2.45, 2.75) is 56.2 Å². The molecule has 0 saturated carbocycles. The summed E-state index contributed by atoms with van der Waals surface area (Å²) in [7, 11) is -6.29. The van der Waals surface area contributed by atoms with Gasteiger partial charge in [-0.05, 0) is 61.8 Å². The number of ether oxygens (including phenoxy) is 2. The average Bonchev–Trinajstić information content (AvgIpc) is 3.66. The number of nitrogens with zero attached hydrogens (tertiary/aromatic N) is 2. The number of carbonyl (C=O) groups is 2. The van der Waals surface area contributed by atoms with Crippen molar-refractivity contribution in [2.24, 2.45) is 5.73 Å². The van der Waals surface area contributed by atoms with Gasteiger partial charge in [0.25, 0.3) is 6.43 Å². The second-order valence-corrected chi connectivity index (χ2v) is 18.1. The Morgan fingerprint density at radius 2 is 1.09 bits per heavy atom. The van der Waals surface area contributed by atoms with Crippen LogP contribution in [0.4, 0.5) is 47.3 Å². The van der Waals surface area contributed by atoms with Crippen molar-refractivity contribution in [3.8, 4) is 0 Å². The highest BCUT2D eigenvalue weighted by Gasteiger charge is 2.36. The summed E-state index contributed by atoms with van der Waals surface area (Å²) < 4.78 is 139. The first-order chi connectivity index (χ1) is 24.9.